The number of carbonyl (C=O) groups excluding carboxylic acids is 5. The largest absolute Gasteiger partial charge is 0.462 e. The standard InChI is InChI=1S/C25H26N2O7S/c1-4-33-25(32)20-17-10-9-13(2)11-18(17)35-21(20)26-19(28)12-34-24(31)14(3)27-22(29)15-7-5-6-8-16(15)23(27)30/h5-8,13-14H,4,9-12H2,1-3H3,(H,26,28)/t13-,14-/m1/s1. The lowest BCUT2D eigenvalue weighted by molar-refractivity contribution is -0.150. The smallest absolute Gasteiger partial charge is 0.341 e. The van der Waals surface area contributed by atoms with E-state index in [1.165, 1.54) is 30.4 Å². The third-order valence-corrected chi connectivity index (χ3v) is 7.31. The molecular formula is C25H26N2O7S. The van der Waals surface area contributed by atoms with Crippen LogP contribution in [-0.2, 0) is 31.9 Å². The number of thiophene rings is 1. The average molecular weight is 499 g/mol. The van der Waals surface area contributed by atoms with Crippen molar-refractivity contribution in [2.75, 3.05) is 18.5 Å². The Hall–Kier alpha value is -3.53. The number of ether oxygens (including phenoxy) is 2. The van der Waals surface area contributed by atoms with Gasteiger partial charge in [0.2, 0.25) is 0 Å². The van der Waals surface area contributed by atoms with Crippen LogP contribution in [-0.4, -0.2) is 53.8 Å². The highest BCUT2D eigenvalue weighted by atomic mass is 32.1. The second-order valence-electron chi connectivity index (χ2n) is 8.63. The molecule has 1 aliphatic heterocycles. The van der Waals surface area contributed by atoms with E-state index in [1.807, 2.05) is 0 Å². The highest BCUT2D eigenvalue weighted by Gasteiger charge is 2.41. The van der Waals surface area contributed by atoms with E-state index < -0.39 is 42.3 Å². The van der Waals surface area contributed by atoms with Crippen molar-refractivity contribution in [3.8, 4) is 0 Å². The van der Waals surface area contributed by atoms with Gasteiger partial charge in [0.25, 0.3) is 17.7 Å². The Morgan fingerprint density at radius 1 is 1.14 bits per heavy atom. The maximum Gasteiger partial charge on any atom is 0.341 e. The zero-order valence-corrected chi connectivity index (χ0v) is 20.5. The average Bonchev–Trinajstić information content (AvgIpc) is 3.31. The fraction of sp³-hybridized carbons (Fsp3) is 0.400. The zero-order chi connectivity index (χ0) is 25.3. The molecule has 0 saturated heterocycles. The minimum absolute atomic E-state index is 0.209. The van der Waals surface area contributed by atoms with E-state index in [2.05, 4.69) is 12.2 Å². The van der Waals surface area contributed by atoms with Crippen molar-refractivity contribution in [1.82, 2.24) is 4.90 Å². The molecule has 35 heavy (non-hydrogen) atoms. The highest BCUT2D eigenvalue weighted by molar-refractivity contribution is 7.17. The first-order valence-corrected chi connectivity index (χ1v) is 12.3. The molecule has 10 heteroatoms. The number of carbonyl (C=O) groups is 5. The molecule has 2 aliphatic rings. The maximum atomic E-state index is 12.6. The molecule has 1 N–H and O–H groups in total. The molecule has 2 aromatic rings. The van der Waals surface area contributed by atoms with Gasteiger partial charge in [0, 0.05) is 4.88 Å². The number of benzene rings is 1. The first-order chi connectivity index (χ1) is 16.7. The summed E-state index contributed by atoms with van der Waals surface area (Å²) in [4.78, 5) is 64.8. The Kier molecular flexibility index (Phi) is 7.02. The topological polar surface area (TPSA) is 119 Å². The number of hydrogen-bond acceptors (Lipinski definition) is 8. The van der Waals surface area contributed by atoms with E-state index in [-0.39, 0.29) is 17.7 Å². The number of anilines is 1. The molecule has 9 nitrogen and oxygen atoms in total. The van der Waals surface area contributed by atoms with Crippen LogP contribution in [0.4, 0.5) is 5.00 Å². The second-order valence-corrected chi connectivity index (χ2v) is 9.74. The highest BCUT2D eigenvalue weighted by Crippen LogP contribution is 2.40. The normalized spacial score (nSPS) is 17.5. The first-order valence-electron chi connectivity index (χ1n) is 11.5. The SMILES string of the molecule is CCOC(=O)c1c(NC(=O)COC(=O)[C@@H](C)N2C(=O)c3ccccc3C2=O)sc2c1CC[C@@H](C)C2. The summed E-state index contributed by atoms with van der Waals surface area (Å²) >= 11 is 1.33. The van der Waals surface area contributed by atoms with Crippen molar-refractivity contribution in [3.63, 3.8) is 0 Å². The van der Waals surface area contributed by atoms with Gasteiger partial charge in [-0.15, -0.1) is 11.3 Å². The van der Waals surface area contributed by atoms with Crippen molar-refractivity contribution < 1.29 is 33.4 Å². The molecule has 2 atom stereocenters. The van der Waals surface area contributed by atoms with E-state index in [0.29, 0.717) is 16.5 Å². The van der Waals surface area contributed by atoms with Crippen molar-refractivity contribution in [1.29, 1.82) is 0 Å². The van der Waals surface area contributed by atoms with Crippen LogP contribution in [0.5, 0.6) is 0 Å². The molecule has 0 spiro atoms. The van der Waals surface area contributed by atoms with Gasteiger partial charge in [0.05, 0.1) is 23.3 Å². The van der Waals surface area contributed by atoms with Crippen LogP contribution in [0.25, 0.3) is 0 Å². The minimum atomic E-state index is -1.21. The molecule has 1 aromatic carbocycles. The lowest BCUT2D eigenvalue weighted by Crippen LogP contribution is -2.44. The maximum absolute atomic E-state index is 12.6. The molecule has 0 bridgehead atoms. The Bertz CT molecular complexity index is 1180. The predicted octanol–water partition coefficient (Wildman–Crippen LogP) is 3.22. The van der Waals surface area contributed by atoms with Gasteiger partial charge in [-0.1, -0.05) is 19.1 Å². The summed E-state index contributed by atoms with van der Waals surface area (Å²) in [5, 5.41) is 3.04. The molecule has 3 amide bonds. The van der Waals surface area contributed by atoms with Crippen LogP contribution < -0.4 is 5.32 Å². The third kappa shape index (κ3) is 4.70. The quantitative estimate of drug-likeness (QED) is 0.460. The molecule has 0 fully saturated rings. The Morgan fingerprint density at radius 3 is 2.43 bits per heavy atom. The fourth-order valence-corrected chi connectivity index (χ4v) is 5.76. The van der Waals surface area contributed by atoms with Crippen LogP contribution in [0.2, 0.25) is 0 Å². The van der Waals surface area contributed by atoms with Gasteiger partial charge in [-0.05, 0) is 56.7 Å². The number of fused-ring (bicyclic) bond motifs is 2. The van der Waals surface area contributed by atoms with Crippen LogP contribution in [0, 0.1) is 5.92 Å². The first kappa shape index (κ1) is 24.6. The molecule has 0 unspecified atom stereocenters. The molecule has 2 heterocycles. The Morgan fingerprint density at radius 2 is 1.80 bits per heavy atom. The van der Waals surface area contributed by atoms with Crippen molar-refractivity contribution >= 4 is 46.0 Å². The van der Waals surface area contributed by atoms with E-state index >= 15 is 0 Å². The summed E-state index contributed by atoms with van der Waals surface area (Å²) in [5.74, 6) is -2.71. The van der Waals surface area contributed by atoms with Gasteiger partial charge in [0.1, 0.15) is 11.0 Å². The molecular weight excluding hydrogens is 472 g/mol. The van der Waals surface area contributed by atoms with E-state index in [9.17, 15) is 24.0 Å². The Labute approximate surface area is 206 Å². The number of esters is 2. The van der Waals surface area contributed by atoms with Crippen LogP contribution >= 0.6 is 11.3 Å². The van der Waals surface area contributed by atoms with Gasteiger partial charge in [-0.2, -0.15) is 0 Å². The van der Waals surface area contributed by atoms with Crippen molar-refractivity contribution in [3.05, 3.63) is 51.4 Å². The lowest BCUT2D eigenvalue weighted by Gasteiger charge is -2.20. The summed E-state index contributed by atoms with van der Waals surface area (Å²) in [6.07, 6.45) is 2.48. The van der Waals surface area contributed by atoms with Crippen LogP contribution in [0.1, 0.15) is 68.7 Å². The molecule has 1 aromatic heterocycles. The number of imide groups is 1. The van der Waals surface area contributed by atoms with Gasteiger partial charge in [-0.3, -0.25) is 19.3 Å². The monoisotopic (exact) mass is 498 g/mol. The third-order valence-electron chi connectivity index (χ3n) is 6.14. The summed E-state index contributed by atoms with van der Waals surface area (Å²) < 4.78 is 10.3. The number of nitrogens with one attached hydrogen (secondary N) is 1. The van der Waals surface area contributed by atoms with Gasteiger partial charge in [-0.25, -0.2) is 9.59 Å². The Balaban J connectivity index is 1.42. The van der Waals surface area contributed by atoms with E-state index in [4.69, 9.17) is 9.47 Å². The molecule has 1 aliphatic carbocycles. The van der Waals surface area contributed by atoms with Crippen molar-refractivity contribution in [2.45, 2.75) is 46.1 Å². The van der Waals surface area contributed by atoms with Crippen LogP contribution in [0.3, 0.4) is 0 Å². The predicted molar refractivity (Wildman–Crippen MR) is 127 cm³/mol. The molecule has 184 valence electrons. The molecule has 4 rings (SSSR count). The number of nitrogens with zero attached hydrogens (tertiary/aromatic N) is 1. The van der Waals surface area contributed by atoms with Crippen molar-refractivity contribution in [2.24, 2.45) is 5.92 Å². The van der Waals surface area contributed by atoms with Gasteiger partial charge in [0.15, 0.2) is 6.61 Å². The van der Waals surface area contributed by atoms with Crippen LogP contribution in [0.15, 0.2) is 24.3 Å². The second kappa shape index (κ2) is 9.99. The van der Waals surface area contributed by atoms with E-state index in [0.717, 1.165) is 34.6 Å². The van der Waals surface area contributed by atoms with Gasteiger partial charge < -0.3 is 14.8 Å². The van der Waals surface area contributed by atoms with Gasteiger partial charge >= 0.3 is 11.9 Å². The summed E-state index contributed by atoms with van der Waals surface area (Å²) in [6.45, 7) is 4.80. The number of rotatable bonds is 7. The summed E-state index contributed by atoms with van der Waals surface area (Å²) in [6, 6.07) is 5.09. The lowest BCUT2D eigenvalue weighted by atomic mass is 9.88. The fourth-order valence-electron chi connectivity index (χ4n) is 4.34. The summed E-state index contributed by atoms with van der Waals surface area (Å²) in [7, 11) is 0. The summed E-state index contributed by atoms with van der Waals surface area (Å²) in [5.41, 5.74) is 1.70. The number of amides is 3. The zero-order valence-electron chi connectivity index (χ0n) is 19.7. The minimum Gasteiger partial charge on any atom is -0.462 e. The molecule has 0 radical (unpaired) electrons. The number of hydrogen-bond donors (Lipinski definition) is 1. The molecule has 0 saturated carbocycles. The van der Waals surface area contributed by atoms with E-state index in [1.54, 1.807) is 19.1 Å².